The van der Waals surface area contributed by atoms with Crippen LogP contribution in [0.1, 0.15) is 24.7 Å². The summed E-state index contributed by atoms with van der Waals surface area (Å²) in [5.41, 5.74) is 1.74. The highest BCUT2D eigenvalue weighted by Gasteiger charge is 2.39. The molecule has 2 rings (SSSR count). The van der Waals surface area contributed by atoms with Gasteiger partial charge in [-0.1, -0.05) is 6.92 Å². The average molecular weight is 288 g/mol. The summed E-state index contributed by atoms with van der Waals surface area (Å²) in [7, 11) is 1.96. The molecule has 1 aliphatic heterocycles. The number of hydrogen-bond donors (Lipinski definition) is 1. The van der Waals surface area contributed by atoms with Gasteiger partial charge >= 0.3 is 0 Å². The number of rotatable bonds is 3. The Balaban J connectivity index is 2.02. The van der Waals surface area contributed by atoms with Crippen molar-refractivity contribution in [3.05, 3.63) is 15.9 Å². The predicted octanol–water partition coefficient (Wildman–Crippen LogP) is 1.45. The third-order valence-corrected chi connectivity index (χ3v) is 4.36. The molecule has 5 heteroatoms. The van der Waals surface area contributed by atoms with Crippen LogP contribution in [0.3, 0.4) is 0 Å². The fourth-order valence-electron chi connectivity index (χ4n) is 2.19. The molecule has 0 atom stereocenters. The van der Waals surface area contributed by atoms with E-state index >= 15 is 0 Å². The van der Waals surface area contributed by atoms with E-state index in [9.17, 15) is 5.11 Å². The van der Waals surface area contributed by atoms with Crippen molar-refractivity contribution in [2.24, 2.45) is 7.05 Å². The van der Waals surface area contributed by atoms with Gasteiger partial charge in [0.2, 0.25) is 0 Å². The zero-order valence-electron chi connectivity index (χ0n) is 10.00. The maximum Gasteiger partial charge on any atom is 0.0897 e. The van der Waals surface area contributed by atoms with E-state index in [1.165, 1.54) is 5.69 Å². The number of nitrogens with zero attached hydrogens (tertiary/aromatic N) is 3. The Hall–Kier alpha value is -0.390. The molecule has 0 saturated carbocycles. The number of aryl methyl sites for hydroxylation is 2. The minimum Gasteiger partial charge on any atom is -0.387 e. The van der Waals surface area contributed by atoms with Gasteiger partial charge in [0.25, 0.3) is 0 Å². The van der Waals surface area contributed by atoms with Crippen LogP contribution in [0.4, 0.5) is 0 Å². The number of halogens is 1. The second-order valence-electron chi connectivity index (χ2n) is 4.69. The summed E-state index contributed by atoms with van der Waals surface area (Å²) in [6, 6.07) is 0. The first-order chi connectivity index (χ1) is 7.45. The molecule has 2 heterocycles. The zero-order chi connectivity index (χ0) is 11.9. The molecule has 0 radical (unpaired) electrons. The van der Waals surface area contributed by atoms with Crippen molar-refractivity contribution >= 4 is 15.9 Å². The van der Waals surface area contributed by atoms with Crippen LogP contribution in [0.15, 0.2) is 4.47 Å². The van der Waals surface area contributed by atoms with E-state index in [0.717, 1.165) is 36.2 Å². The van der Waals surface area contributed by atoms with Gasteiger partial charge in [0.15, 0.2) is 0 Å². The van der Waals surface area contributed by atoms with Gasteiger partial charge in [0, 0.05) is 26.7 Å². The van der Waals surface area contributed by atoms with Gasteiger partial charge < -0.3 is 5.11 Å². The van der Waals surface area contributed by atoms with Gasteiger partial charge in [0.05, 0.1) is 21.5 Å². The monoisotopic (exact) mass is 287 g/mol. The van der Waals surface area contributed by atoms with Crippen LogP contribution in [0.5, 0.6) is 0 Å². The topological polar surface area (TPSA) is 41.3 Å². The van der Waals surface area contributed by atoms with E-state index < -0.39 is 5.60 Å². The van der Waals surface area contributed by atoms with E-state index in [0.29, 0.717) is 0 Å². The molecule has 16 heavy (non-hydrogen) atoms. The Labute approximate surface area is 104 Å². The largest absolute Gasteiger partial charge is 0.387 e. The highest BCUT2D eigenvalue weighted by Crippen LogP contribution is 2.28. The van der Waals surface area contributed by atoms with Crippen LogP contribution < -0.4 is 0 Å². The van der Waals surface area contributed by atoms with E-state index in [1.807, 2.05) is 25.6 Å². The third kappa shape index (κ3) is 2.04. The second-order valence-corrected chi connectivity index (χ2v) is 5.49. The molecule has 1 N–H and O–H groups in total. The normalized spacial score (nSPS) is 19.8. The molecule has 1 aromatic heterocycles. The van der Waals surface area contributed by atoms with Gasteiger partial charge in [-0.2, -0.15) is 5.10 Å². The fraction of sp³-hybridized carbons (Fsp3) is 0.727. The summed E-state index contributed by atoms with van der Waals surface area (Å²) in [5, 5.41) is 14.3. The Morgan fingerprint density at radius 3 is 2.56 bits per heavy atom. The van der Waals surface area contributed by atoms with Crippen molar-refractivity contribution in [3.63, 3.8) is 0 Å². The van der Waals surface area contributed by atoms with E-state index in [1.54, 1.807) is 0 Å². The zero-order valence-corrected chi connectivity index (χ0v) is 11.6. The molecule has 1 saturated heterocycles. The van der Waals surface area contributed by atoms with Crippen molar-refractivity contribution in [2.45, 2.75) is 32.4 Å². The molecule has 0 amide bonds. The van der Waals surface area contributed by atoms with Crippen LogP contribution in [0, 0.1) is 6.92 Å². The molecule has 1 aliphatic rings. The summed E-state index contributed by atoms with van der Waals surface area (Å²) < 4.78 is 2.99. The quantitative estimate of drug-likeness (QED) is 0.915. The Bertz CT molecular complexity index is 396. The highest BCUT2D eigenvalue weighted by atomic mass is 79.9. The molecule has 0 spiro atoms. The molecule has 0 unspecified atom stereocenters. The lowest BCUT2D eigenvalue weighted by Crippen LogP contribution is -2.60. The fourth-order valence-corrected chi connectivity index (χ4v) is 2.65. The molecule has 1 aromatic rings. The minimum absolute atomic E-state index is 0.458. The number of likely N-dealkylation sites (tertiary alicyclic amines) is 1. The van der Waals surface area contributed by atoms with E-state index in [4.69, 9.17) is 0 Å². The standard InChI is InChI=1S/C11H18BrN3O/c1-4-11(16)6-15(7-11)5-9-10(12)8(2)13-14(9)3/h16H,4-7H2,1-3H3. The van der Waals surface area contributed by atoms with E-state index in [2.05, 4.69) is 25.9 Å². The lowest BCUT2D eigenvalue weighted by molar-refractivity contribution is -0.104. The molecule has 1 fully saturated rings. The van der Waals surface area contributed by atoms with Crippen molar-refractivity contribution in [2.75, 3.05) is 13.1 Å². The lowest BCUT2D eigenvalue weighted by atomic mass is 9.91. The summed E-state index contributed by atoms with van der Waals surface area (Å²) in [5.74, 6) is 0. The van der Waals surface area contributed by atoms with Crippen LogP contribution >= 0.6 is 15.9 Å². The third-order valence-electron chi connectivity index (χ3n) is 3.33. The summed E-state index contributed by atoms with van der Waals surface area (Å²) in [4.78, 5) is 2.24. The maximum absolute atomic E-state index is 9.94. The Morgan fingerprint density at radius 1 is 1.50 bits per heavy atom. The molecule has 90 valence electrons. The van der Waals surface area contributed by atoms with Crippen molar-refractivity contribution < 1.29 is 5.11 Å². The van der Waals surface area contributed by atoms with Crippen LogP contribution in [-0.2, 0) is 13.6 Å². The molecular formula is C11H18BrN3O. The Kier molecular flexibility index (Phi) is 3.11. The summed E-state index contributed by atoms with van der Waals surface area (Å²) in [6.45, 7) is 6.40. The first-order valence-electron chi connectivity index (χ1n) is 5.58. The second kappa shape index (κ2) is 4.13. The molecular weight excluding hydrogens is 270 g/mol. The van der Waals surface area contributed by atoms with E-state index in [-0.39, 0.29) is 0 Å². The summed E-state index contributed by atoms with van der Waals surface area (Å²) >= 11 is 3.56. The maximum atomic E-state index is 9.94. The van der Waals surface area contributed by atoms with Gasteiger partial charge in [-0.3, -0.25) is 9.58 Å². The van der Waals surface area contributed by atoms with Crippen LogP contribution in [-0.4, -0.2) is 38.5 Å². The SMILES string of the molecule is CCC1(O)CN(Cc2c(Br)c(C)nn2C)C1. The molecule has 4 nitrogen and oxygen atoms in total. The number of aromatic nitrogens is 2. The summed E-state index contributed by atoms with van der Waals surface area (Å²) in [6.07, 6.45) is 0.828. The van der Waals surface area contributed by atoms with Crippen molar-refractivity contribution in [3.8, 4) is 0 Å². The highest BCUT2D eigenvalue weighted by molar-refractivity contribution is 9.10. The minimum atomic E-state index is -0.458. The number of β-amino-alcohol motifs (C(OH)–C–C–N with tert-alkyl or cyclic N) is 1. The average Bonchev–Trinajstić information content (AvgIpc) is 2.42. The predicted molar refractivity (Wildman–Crippen MR) is 66.2 cm³/mol. The van der Waals surface area contributed by atoms with Crippen LogP contribution in [0.25, 0.3) is 0 Å². The van der Waals surface area contributed by atoms with Gasteiger partial charge in [-0.15, -0.1) is 0 Å². The molecule has 0 aromatic carbocycles. The van der Waals surface area contributed by atoms with Crippen molar-refractivity contribution in [1.29, 1.82) is 0 Å². The molecule has 0 bridgehead atoms. The first-order valence-corrected chi connectivity index (χ1v) is 6.37. The first kappa shape index (κ1) is 12.1. The van der Waals surface area contributed by atoms with Crippen molar-refractivity contribution in [1.82, 2.24) is 14.7 Å². The van der Waals surface area contributed by atoms with Gasteiger partial charge in [-0.05, 0) is 29.3 Å². The van der Waals surface area contributed by atoms with Gasteiger partial charge in [0.1, 0.15) is 0 Å². The lowest BCUT2D eigenvalue weighted by Gasteiger charge is -2.46. The van der Waals surface area contributed by atoms with Crippen LogP contribution in [0.2, 0.25) is 0 Å². The van der Waals surface area contributed by atoms with Gasteiger partial charge in [-0.25, -0.2) is 0 Å². The number of aliphatic hydroxyl groups is 1. The molecule has 0 aliphatic carbocycles. The Morgan fingerprint density at radius 2 is 2.12 bits per heavy atom. The number of hydrogen-bond acceptors (Lipinski definition) is 3. The smallest absolute Gasteiger partial charge is 0.0897 e.